The Balaban J connectivity index is 2.40. The van der Waals surface area contributed by atoms with E-state index in [9.17, 15) is 13.2 Å². The van der Waals surface area contributed by atoms with Gasteiger partial charge >= 0.3 is 6.18 Å². The molecular formula is C13H11ClF3N. The highest BCUT2D eigenvalue weighted by Crippen LogP contribution is 2.39. The third kappa shape index (κ3) is 2.60. The average Bonchev–Trinajstić information content (AvgIpc) is 2.72. The minimum absolute atomic E-state index is 0.0905. The fourth-order valence-corrected chi connectivity index (χ4v) is 2.20. The molecule has 1 aromatic rings. The van der Waals surface area contributed by atoms with E-state index < -0.39 is 17.7 Å². The maximum absolute atomic E-state index is 12.7. The summed E-state index contributed by atoms with van der Waals surface area (Å²) in [7, 11) is 0. The number of rotatable bonds is 2. The van der Waals surface area contributed by atoms with Gasteiger partial charge in [0.15, 0.2) is 0 Å². The number of benzene rings is 1. The van der Waals surface area contributed by atoms with Gasteiger partial charge in [-0.15, -0.1) is 0 Å². The molecule has 96 valence electrons. The van der Waals surface area contributed by atoms with Crippen molar-refractivity contribution in [3.05, 3.63) is 58.1 Å². The van der Waals surface area contributed by atoms with Crippen molar-refractivity contribution in [2.45, 2.75) is 12.1 Å². The number of halogens is 4. The molecule has 1 aliphatic carbocycles. The molecule has 1 nitrogen and oxygen atoms in total. The second-order valence-corrected chi connectivity index (χ2v) is 4.51. The van der Waals surface area contributed by atoms with Crippen molar-refractivity contribution in [2.75, 3.05) is 6.54 Å². The zero-order valence-corrected chi connectivity index (χ0v) is 10.1. The smallest absolute Gasteiger partial charge is 0.327 e. The van der Waals surface area contributed by atoms with E-state index in [4.69, 9.17) is 17.3 Å². The number of nitrogens with two attached hydrogens (primary N) is 1. The zero-order valence-electron chi connectivity index (χ0n) is 9.34. The van der Waals surface area contributed by atoms with Crippen LogP contribution in [-0.2, 0) is 0 Å². The second kappa shape index (κ2) is 4.78. The predicted molar refractivity (Wildman–Crippen MR) is 65.5 cm³/mol. The molecule has 0 saturated heterocycles. The summed E-state index contributed by atoms with van der Waals surface area (Å²) in [5.41, 5.74) is 6.12. The van der Waals surface area contributed by atoms with Crippen molar-refractivity contribution in [1.82, 2.24) is 0 Å². The summed E-state index contributed by atoms with van der Waals surface area (Å²) >= 11 is 5.85. The molecule has 5 heteroatoms. The van der Waals surface area contributed by atoms with Gasteiger partial charge in [0.2, 0.25) is 0 Å². The number of hydrogen-bond acceptors (Lipinski definition) is 1. The van der Waals surface area contributed by atoms with Gasteiger partial charge in [0.05, 0.1) is 5.57 Å². The molecule has 0 saturated carbocycles. The Morgan fingerprint density at radius 3 is 2.56 bits per heavy atom. The van der Waals surface area contributed by atoms with Gasteiger partial charge in [-0.25, -0.2) is 0 Å². The molecular weight excluding hydrogens is 263 g/mol. The van der Waals surface area contributed by atoms with Crippen molar-refractivity contribution < 1.29 is 13.2 Å². The van der Waals surface area contributed by atoms with E-state index in [-0.39, 0.29) is 6.54 Å². The van der Waals surface area contributed by atoms with Crippen LogP contribution < -0.4 is 5.73 Å². The first-order valence-corrected chi connectivity index (χ1v) is 5.74. The highest BCUT2D eigenvalue weighted by Gasteiger charge is 2.36. The lowest BCUT2D eigenvalue weighted by atomic mass is 9.94. The Bertz CT molecular complexity index is 517. The topological polar surface area (TPSA) is 26.0 Å². The Labute approximate surface area is 108 Å². The second-order valence-electron chi connectivity index (χ2n) is 4.08. The Morgan fingerprint density at radius 1 is 1.28 bits per heavy atom. The highest BCUT2D eigenvalue weighted by atomic mass is 35.5. The van der Waals surface area contributed by atoms with Crippen molar-refractivity contribution >= 4 is 11.6 Å². The van der Waals surface area contributed by atoms with Crippen molar-refractivity contribution in [3.8, 4) is 0 Å². The van der Waals surface area contributed by atoms with Crippen LogP contribution in [0, 0.1) is 0 Å². The third-order valence-corrected chi connectivity index (χ3v) is 3.09. The van der Waals surface area contributed by atoms with E-state index in [1.54, 1.807) is 24.3 Å². The van der Waals surface area contributed by atoms with Crippen LogP contribution in [0.3, 0.4) is 0 Å². The summed E-state index contributed by atoms with van der Waals surface area (Å²) in [4.78, 5) is 0. The Hall–Kier alpha value is -1.26. The van der Waals surface area contributed by atoms with Gasteiger partial charge in [0.25, 0.3) is 0 Å². The SMILES string of the molecule is NCC1=CC(C(F)(F)F)=CC1c1cccc(Cl)c1. The molecule has 0 aliphatic heterocycles. The molecule has 0 heterocycles. The molecule has 1 atom stereocenters. The van der Waals surface area contributed by atoms with Gasteiger partial charge in [-0.3, -0.25) is 0 Å². The first kappa shape index (κ1) is 13.2. The quantitative estimate of drug-likeness (QED) is 0.871. The van der Waals surface area contributed by atoms with Gasteiger partial charge in [-0.05, 0) is 29.3 Å². The molecule has 0 radical (unpaired) electrons. The van der Waals surface area contributed by atoms with E-state index >= 15 is 0 Å². The van der Waals surface area contributed by atoms with Crippen molar-refractivity contribution in [2.24, 2.45) is 5.73 Å². The third-order valence-electron chi connectivity index (χ3n) is 2.86. The Kier molecular flexibility index (Phi) is 3.50. The summed E-state index contributed by atoms with van der Waals surface area (Å²) in [5.74, 6) is -0.440. The fraction of sp³-hybridized carbons (Fsp3) is 0.231. The van der Waals surface area contributed by atoms with Crippen LogP contribution in [0.25, 0.3) is 0 Å². The first-order chi connectivity index (χ1) is 8.41. The van der Waals surface area contributed by atoms with Gasteiger partial charge in [0.1, 0.15) is 0 Å². The lowest BCUT2D eigenvalue weighted by Gasteiger charge is -2.12. The van der Waals surface area contributed by atoms with Crippen LogP contribution in [-0.4, -0.2) is 12.7 Å². The molecule has 2 N–H and O–H groups in total. The zero-order chi connectivity index (χ0) is 13.3. The molecule has 18 heavy (non-hydrogen) atoms. The van der Waals surface area contributed by atoms with Gasteiger partial charge < -0.3 is 5.73 Å². The Morgan fingerprint density at radius 2 is 2.00 bits per heavy atom. The van der Waals surface area contributed by atoms with Crippen LogP contribution in [0.4, 0.5) is 13.2 Å². The maximum atomic E-state index is 12.7. The number of hydrogen-bond donors (Lipinski definition) is 1. The molecule has 0 aromatic heterocycles. The molecule has 2 rings (SSSR count). The van der Waals surface area contributed by atoms with Crippen LogP contribution in [0.15, 0.2) is 47.6 Å². The van der Waals surface area contributed by atoms with Gasteiger partial charge in [-0.1, -0.05) is 29.8 Å². The molecule has 0 fully saturated rings. The summed E-state index contributed by atoms with van der Waals surface area (Å²) in [6.07, 6.45) is -2.03. The molecule has 1 unspecified atom stereocenters. The van der Waals surface area contributed by atoms with Crippen LogP contribution >= 0.6 is 11.6 Å². The summed E-state index contributed by atoms with van der Waals surface area (Å²) < 4.78 is 38.0. The van der Waals surface area contributed by atoms with Crippen molar-refractivity contribution in [3.63, 3.8) is 0 Å². The molecule has 0 bridgehead atoms. The summed E-state index contributed by atoms with van der Waals surface area (Å²) in [6.45, 7) is 0.0905. The molecule has 1 aliphatic rings. The predicted octanol–water partition coefficient (Wildman–Crippen LogP) is 3.81. The van der Waals surface area contributed by atoms with Crippen LogP contribution in [0.5, 0.6) is 0 Å². The lowest BCUT2D eigenvalue weighted by Crippen LogP contribution is -2.08. The van der Waals surface area contributed by atoms with Gasteiger partial charge in [0, 0.05) is 17.5 Å². The van der Waals surface area contributed by atoms with Crippen molar-refractivity contribution in [1.29, 1.82) is 0 Å². The monoisotopic (exact) mass is 273 g/mol. The lowest BCUT2D eigenvalue weighted by molar-refractivity contribution is -0.0881. The molecule has 0 spiro atoms. The van der Waals surface area contributed by atoms with E-state index in [1.807, 2.05) is 0 Å². The summed E-state index contributed by atoms with van der Waals surface area (Å²) in [5, 5.41) is 0.498. The van der Waals surface area contributed by atoms with E-state index in [0.29, 0.717) is 10.6 Å². The minimum atomic E-state index is -4.34. The standard InChI is InChI=1S/C13H11ClF3N/c14-11-3-1-2-8(5-11)12-6-10(13(15,16)17)4-9(12)7-18/h1-6,12H,7,18H2. The van der Waals surface area contributed by atoms with E-state index in [0.717, 1.165) is 11.6 Å². The normalized spacial score (nSPS) is 19.7. The summed E-state index contributed by atoms with van der Waals surface area (Å²) in [6, 6.07) is 6.80. The largest absolute Gasteiger partial charge is 0.416 e. The van der Waals surface area contributed by atoms with Gasteiger partial charge in [-0.2, -0.15) is 13.2 Å². The van der Waals surface area contributed by atoms with E-state index in [2.05, 4.69) is 0 Å². The van der Waals surface area contributed by atoms with Crippen LogP contribution in [0.1, 0.15) is 11.5 Å². The minimum Gasteiger partial charge on any atom is -0.327 e. The highest BCUT2D eigenvalue weighted by molar-refractivity contribution is 6.30. The number of alkyl halides is 3. The fourth-order valence-electron chi connectivity index (χ4n) is 2.00. The number of allylic oxidation sites excluding steroid dienone is 3. The molecule has 0 amide bonds. The average molecular weight is 274 g/mol. The molecule has 1 aromatic carbocycles. The maximum Gasteiger partial charge on any atom is 0.416 e. The van der Waals surface area contributed by atoms with Crippen LogP contribution in [0.2, 0.25) is 5.02 Å². The first-order valence-electron chi connectivity index (χ1n) is 5.37. The van der Waals surface area contributed by atoms with E-state index in [1.165, 1.54) is 6.08 Å².